The summed E-state index contributed by atoms with van der Waals surface area (Å²) in [5.41, 5.74) is 0.651. The highest BCUT2D eigenvalue weighted by Gasteiger charge is 2.44. The number of ether oxygens (including phenoxy) is 3. The van der Waals surface area contributed by atoms with Gasteiger partial charge >= 0.3 is 0 Å². The second kappa shape index (κ2) is 11.4. The van der Waals surface area contributed by atoms with E-state index >= 15 is 0 Å². The molecule has 0 saturated carbocycles. The zero-order valence-electron chi connectivity index (χ0n) is 20.2. The molecule has 4 rings (SSSR count). The number of amides is 1. The van der Waals surface area contributed by atoms with E-state index in [1.165, 1.54) is 12.3 Å². The standard InChI is InChI=1S/C26H32N2O7/c1-3-33-19-9-8-18(17-21(19)34-4-2)23-22(24(29)20-7-5-14-35-20)25(30)26(31)28(23)11-6-10-27-12-15-32-16-13-27/h5,7-9,14,17,23,30H,3-4,6,10-13,15-16H2,1-2H3/t23-/m0/s1. The van der Waals surface area contributed by atoms with Crippen LogP contribution in [0.15, 0.2) is 52.3 Å². The number of carbonyl (C=O) groups is 2. The van der Waals surface area contributed by atoms with Gasteiger partial charge in [-0.2, -0.15) is 0 Å². The van der Waals surface area contributed by atoms with Crippen LogP contribution in [0.2, 0.25) is 0 Å². The van der Waals surface area contributed by atoms with Gasteiger partial charge in [0.25, 0.3) is 5.91 Å². The van der Waals surface area contributed by atoms with Gasteiger partial charge in [-0.1, -0.05) is 6.07 Å². The molecule has 2 aromatic rings. The van der Waals surface area contributed by atoms with E-state index in [-0.39, 0.29) is 11.3 Å². The van der Waals surface area contributed by atoms with E-state index in [0.29, 0.717) is 56.5 Å². The fourth-order valence-electron chi connectivity index (χ4n) is 4.53. The van der Waals surface area contributed by atoms with Crippen LogP contribution in [0, 0.1) is 0 Å². The van der Waals surface area contributed by atoms with Crippen molar-refractivity contribution in [2.24, 2.45) is 0 Å². The van der Waals surface area contributed by atoms with Crippen molar-refractivity contribution in [2.45, 2.75) is 26.3 Å². The van der Waals surface area contributed by atoms with Crippen molar-refractivity contribution in [3.63, 3.8) is 0 Å². The fourth-order valence-corrected chi connectivity index (χ4v) is 4.53. The van der Waals surface area contributed by atoms with E-state index in [2.05, 4.69) is 4.90 Å². The third-order valence-electron chi connectivity index (χ3n) is 6.15. The Kier molecular flexibility index (Phi) is 8.09. The lowest BCUT2D eigenvalue weighted by Crippen LogP contribution is -2.39. The molecule has 0 unspecified atom stereocenters. The molecule has 0 aliphatic carbocycles. The molecule has 1 N–H and O–H groups in total. The maximum absolute atomic E-state index is 13.3. The van der Waals surface area contributed by atoms with Crippen LogP contribution >= 0.6 is 0 Å². The predicted octanol–water partition coefficient (Wildman–Crippen LogP) is 3.38. The van der Waals surface area contributed by atoms with Crippen LogP contribution in [0.4, 0.5) is 0 Å². The maximum Gasteiger partial charge on any atom is 0.290 e. The Bertz CT molecular complexity index is 1060. The minimum Gasteiger partial charge on any atom is -0.503 e. The molecule has 9 nitrogen and oxygen atoms in total. The first-order valence-electron chi connectivity index (χ1n) is 12.1. The number of morpholine rings is 1. The third kappa shape index (κ3) is 5.36. The Hall–Kier alpha value is -3.30. The van der Waals surface area contributed by atoms with Crippen LogP contribution in [0.3, 0.4) is 0 Å². The summed E-state index contributed by atoms with van der Waals surface area (Å²) < 4.78 is 22.2. The normalized spacial score (nSPS) is 18.9. The van der Waals surface area contributed by atoms with E-state index in [0.717, 1.165) is 19.6 Å². The Morgan fingerprint density at radius 2 is 1.83 bits per heavy atom. The van der Waals surface area contributed by atoms with Gasteiger partial charge in [0.2, 0.25) is 5.78 Å². The third-order valence-corrected chi connectivity index (χ3v) is 6.15. The van der Waals surface area contributed by atoms with Crippen molar-refractivity contribution in [3.8, 4) is 11.5 Å². The molecule has 3 heterocycles. The number of aliphatic hydroxyl groups is 1. The number of ketones is 1. The van der Waals surface area contributed by atoms with E-state index in [9.17, 15) is 14.7 Å². The van der Waals surface area contributed by atoms with Gasteiger partial charge in [0, 0.05) is 26.2 Å². The number of hydrogen-bond donors (Lipinski definition) is 1. The van der Waals surface area contributed by atoms with Crippen LogP contribution < -0.4 is 9.47 Å². The van der Waals surface area contributed by atoms with Crippen LogP contribution in [0.5, 0.6) is 11.5 Å². The predicted molar refractivity (Wildman–Crippen MR) is 128 cm³/mol. The zero-order valence-corrected chi connectivity index (χ0v) is 20.2. The molecule has 188 valence electrons. The lowest BCUT2D eigenvalue weighted by Gasteiger charge is -2.30. The van der Waals surface area contributed by atoms with Crippen LogP contribution in [-0.2, 0) is 9.53 Å². The second-order valence-corrected chi connectivity index (χ2v) is 8.35. The topological polar surface area (TPSA) is 102 Å². The van der Waals surface area contributed by atoms with Crippen molar-refractivity contribution in [2.75, 3.05) is 52.6 Å². The van der Waals surface area contributed by atoms with E-state index < -0.39 is 23.5 Å². The van der Waals surface area contributed by atoms with Gasteiger partial charge in [-0.15, -0.1) is 0 Å². The molecular formula is C26H32N2O7. The SMILES string of the molecule is CCOc1ccc([C@H]2C(C(=O)c3ccco3)=C(O)C(=O)N2CCCN2CCOCC2)cc1OCC. The van der Waals surface area contributed by atoms with Gasteiger partial charge < -0.3 is 28.6 Å². The zero-order chi connectivity index (χ0) is 24.8. The fraction of sp³-hybridized carbons (Fsp3) is 0.462. The van der Waals surface area contributed by atoms with Crippen molar-refractivity contribution >= 4 is 11.7 Å². The molecular weight excluding hydrogens is 452 g/mol. The number of furan rings is 1. The van der Waals surface area contributed by atoms with E-state index in [4.69, 9.17) is 18.6 Å². The summed E-state index contributed by atoms with van der Waals surface area (Å²) in [6.45, 7) is 8.90. The molecule has 0 spiro atoms. The molecule has 2 aliphatic rings. The summed E-state index contributed by atoms with van der Waals surface area (Å²) in [5, 5.41) is 10.8. The molecule has 0 radical (unpaired) electrons. The summed E-state index contributed by atoms with van der Waals surface area (Å²) >= 11 is 0. The minimum absolute atomic E-state index is 0.00271. The number of Topliss-reactive ketones (excluding diaryl/α,β-unsaturated/α-hetero) is 1. The number of hydrogen-bond acceptors (Lipinski definition) is 8. The average molecular weight is 485 g/mol. The highest BCUT2D eigenvalue weighted by atomic mass is 16.5. The number of aliphatic hydroxyl groups excluding tert-OH is 1. The summed E-state index contributed by atoms with van der Waals surface area (Å²) in [7, 11) is 0. The van der Waals surface area contributed by atoms with Gasteiger partial charge in [-0.3, -0.25) is 14.5 Å². The molecule has 9 heteroatoms. The van der Waals surface area contributed by atoms with Gasteiger partial charge in [-0.25, -0.2) is 0 Å². The molecule has 1 aromatic carbocycles. The minimum atomic E-state index is -0.778. The number of carbonyl (C=O) groups excluding carboxylic acids is 2. The molecule has 1 amide bonds. The summed E-state index contributed by atoms with van der Waals surface area (Å²) in [6, 6.07) is 7.68. The van der Waals surface area contributed by atoms with Crippen LogP contribution in [0.25, 0.3) is 0 Å². The highest BCUT2D eigenvalue weighted by molar-refractivity contribution is 6.15. The van der Waals surface area contributed by atoms with Gasteiger partial charge in [0.05, 0.1) is 44.3 Å². The van der Waals surface area contributed by atoms with Crippen molar-refractivity contribution < 1.29 is 33.3 Å². The van der Waals surface area contributed by atoms with Crippen LogP contribution in [0.1, 0.15) is 42.4 Å². The van der Waals surface area contributed by atoms with E-state index in [1.54, 1.807) is 29.2 Å². The molecule has 1 fully saturated rings. The Balaban J connectivity index is 1.66. The number of rotatable bonds is 11. The first-order valence-corrected chi connectivity index (χ1v) is 12.1. The monoisotopic (exact) mass is 484 g/mol. The summed E-state index contributed by atoms with van der Waals surface area (Å²) in [6.07, 6.45) is 2.08. The van der Waals surface area contributed by atoms with Gasteiger partial charge in [0.1, 0.15) is 0 Å². The smallest absolute Gasteiger partial charge is 0.290 e. The Morgan fingerprint density at radius 3 is 2.51 bits per heavy atom. The summed E-state index contributed by atoms with van der Waals surface area (Å²) in [5.74, 6) is -0.477. The van der Waals surface area contributed by atoms with Crippen molar-refractivity contribution in [3.05, 3.63) is 59.3 Å². The van der Waals surface area contributed by atoms with Crippen molar-refractivity contribution in [1.82, 2.24) is 9.80 Å². The maximum atomic E-state index is 13.3. The Morgan fingerprint density at radius 1 is 1.09 bits per heavy atom. The highest BCUT2D eigenvalue weighted by Crippen LogP contribution is 2.42. The lowest BCUT2D eigenvalue weighted by molar-refractivity contribution is -0.129. The second-order valence-electron chi connectivity index (χ2n) is 8.35. The number of nitrogens with zero attached hydrogens (tertiary/aromatic N) is 2. The molecule has 1 saturated heterocycles. The summed E-state index contributed by atoms with van der Waals surface area (Å²) in [4.78, 5) is 30.3. The molecule has 1 aromatic heterocycles. The largest absolute Gasteiger partial charge is 0.503 e. The average Bonchev–Trinajstić information content (AvgIpc) is 3.49. The first-order chi connectivity index (χ1) is 17.0. The number of benzene rings is 1. The van der Waals surface area contributed by atoms with Crippen molar-refractivity contribution in [1.29, 1.82) is 0 Å². The van der Waals surface area contributed by atoms with Gasteiger partial charge in [0.15, 0.2) is 23.0 Å². The molecule has 2 aliphatic heterocycles. The molecule has 1 atom stereocenters. The molecule has 35 heavy (non-hydrogen) atoms. The van der Waals surface area contributed by atoms with E-state index in [1.807, 2.05) is 13.8 Å². The molecule has 0 bridgehead atoms. The van der Waals surface area contributed by atoms with Gasteiger partial charge in [-0.05, 0) is 50.1 Å². The quantitative estimate of drug-likeness (QED) is 0.485. The Labute approximate surface area is 204 Å². The van der Waals surface area contributed by atoms with Crippen LogP contribution in [-0.4, -0.2) is 79.2 Å². The first kappa shape index (κ1) is 24.8. The lowest BCUT2D eigenvalue weighted by atomic mass is 9.94.